The van der Waals surface area contributed by atoms with Gasteiger partial charge in [-0.25, -0.2) is 0 Å². The third-order valence-corrected chi connectivity index (χ3v) is 21.9. The summed E-state index contributed by atoms with van der Waals surface area (Å²) < 4.78 is -3.66. The summed E-state index contributed by atoms with van der Waals surface area (Å²) in [6, 6.07) is 0. The number of hydrogen-bond donors (Lipinski definition) is 1. The highest BCUT2D eigenvalue weighted by molar-refractivity contribution is 9.34. The van der Waals surface area contributed by atoms with E-state index in [1.165, 1.54) is 116 Å². The van der Waals surface area contributed by atoms with Crippen molar-refractivity contribution in [3.63, 3.8) is 0 Å². The van der Waals surface area contributed by atoms with E-state index in [4.69, 9.17) is 0 Å². The molecule has 0 heterocycles. The Kier molecular flexibility index (Phi) is 23.8. The quantitative estimate of drug-likeness (QED) is 0.0755. The molecule has 0 radical (unpaired) electrons. The lowest BCUT2D eigenvalue weighted by Gasteiger charge is -2.49. The van der Waals surface area contributed by atoms with Gasteiger partial charge in [0.2, 0.25) is 3.42 Å². The predicted octanol–water partition coefficient (Wildman–Crippen LogP) is 14.3. The summed E-state index contributed by atoms with van der Waals surface area (Å²) in [6.07, 6.45) is 26.3. The highest BCUT2D eigenvalue weighted by atomic mass is 79.9. The highest BCUT2D eigenvalue weighted by Gasteiger charge is 2.66. The van der Waals surface area contributed by atoms with Crippen molar-refractivity contribution in [3.8, 4) is 0 Å². The molecule has 0 aliphatic heterocycles. The average Bonchev–Trinajstić information content (AvgIpc) is 2.79. The van der Waals surface area contributed by atoms with Crippen molar-refractivity contribution in [2.75, 3.05) is 0 Å². The molecule has 0 saturated carbocycles. The second kappa shape index (κ2) is 21.5. The van der Waals surface area contributed by atoms with Gasteiger partial charge in [-0.2, -0.15) is 0 Å². The van der Waals surface area contributed by atoms with Crippen molar-refractivity contribution in [1.82, 2.24) is 0 Å². The van der Waals surface area contributed by atoms with E-state index >= 15 is 0 Å². The van der Waals surface area contributed by atoms with Gasteiger partial charge in [-0.15, -0.1) is 0 Å². The molecular weight excluding hydrogens is 980 g/mol. The van der Waals surface area contributed by atoms with Crippen LogP contribution in [0.5, 0.6) is 0 Å². The van der Waals surface area contributed by atoms with Crippen LogP contribution in [0.2, 0.25) is 0 Å². The molecule has 9 heteroatoms. The van der Waals surface area contributed by atoms with Crippen molar-refractivity contribution < 1.29 is 5.11 Å². The van der Waals surface area contributed by atoms with Crippen LogP contribution in [-0.4, -0.2) is 18.2 Å². The van der Waals surface area contributed by atoms with Crippen molar-refractivity contribution in [1.29, 1.82) is 0 Å². The molecule has 0 aromatic heterocycles. The molecule has 0 spiro atoms. The lowest BCUT2D eigenvalue weighted by molar-refractivity contribution is 0.223. The molecule has 0 fully saturated rings. The van der Waals surface area contributed by atoms with Gasteiger partial charge in [0, 0.05) is 0 Å². The lowest BCUT2D eigenvalue weighted by Crippen LogP contribution is -2.58. The monoisotopic (exact) mass is 1020 g/mol. The van der Waals surface area contributed by atoms with E-state index in [0.717, 1.165) is 12.8 Å². The van der Waals surface area contributed by atoms with Crippen molar-refractivity contribution in [2.45, 2.75) is 155 Å². The second-order valence-corrected chi connectivity index (χ2v) is 24.1. The highest BCUT2D eigenvalue weighted by Crippen LogP contribution is 2.68. The van der Waals surface area contributed by atoms with E-state index in [1.54, 1.807) is 0 Å². The van der Waals surface area contributed by atoms with Gasteiger partial charge >= 0.3 is 0 Å². The van der Waals surface area contributed by atoms with Crippen LogP contribution in [0.25, 0.3) is 0 Å². The molecule has 36 heavy (non-hydrogen) atoms. The van der Waals surface area contributed by atoms with Crippen molar-refractivity contribution in [3.05, 3.63) is 0 Å². The van der Waals surface area contributed by atoms with E-state index < -0.39 is 13.1 Å². The zero-order valence-electron chi connectivity index (χ0n) is 22.2. The largest absolute Gasteiger partial charge is 0.368 e. The average molecular weight is 1030 g/mol. The summed E-state index contributed by atoms with van der Waals surface area (Å²) in [6.45, 7) is 4.55. The van der Waals surface area contributed by atoms with Crippen LogP contribution >= 0.6 is 127 Å². The number of hydrogen-bond acceptors (Lipinski definition) is 1. The molecule has 1 atom stereocenters. The Morgan fingerprint density at radius 2 is 0.722 bits per heavy atom. The Morgan fingerprint density at radius 3 is 1.00 bits per heavy atom. The fourth-order valence-corrected chi connectivity index (χ4v) is 10.6. The molecule has 0 aliphatic carbocycles. The first-order valence-electron chi connectivity index (χ1n) is 14.0. The predicted molar refractivity (Wildman–Crippen MR) is 192 cm³/mol. The Bertz CT molecular complexity index is 534. The first-order chi connectivity index (χ1) is 16.8. The Hall–Kier alpha value is 3.80. The van der Waals surface area contributed by atoms with E-state index in [1.807, 2.05) is 0 Å². The number of aliphatic hydroxyl groups is 1. The van der Waals surface area contributed by atoms with Crippen LogP contribution in [-0.2, 0) is 0 Å². The van der Waals surface area contributed by atoms with Gasteiger partial charge in [-0.1, -0.05) is 225 Å². The molecule has 1 nitrogen and oxygen atoms in total. The standard InChI is InChI=1S/C27H48Br8O/c1-3-5-7-9-11-13-14-16-18-20-22-23(21-19-17-15-12-10-8-6-4-2)24(28,29)25(30,31)26(32,33)27(34,35)36/h23,36H,3-22H2,1-2H3. The Balaban J connectivity index is 4.91. The maximum atomic E-state index is 10.8. The minimum absolute atomic E-state index is 0.363. The second-order valence-electron chi connectivity index (χ2n) is 10.2. The number of halogens is 8. The fraction of sp³-hybridized carbons (Fsp3) is 1.00. The summed E-state index contributed by atoms with van der Waals surface area (Å²) in [5.74, 6) is 0.363. The number of unbranched alkanes of at least 4 members (excludes halogenated alkanes) is 16. The minimum Gasteiger partial charge on any atom is -0.368 e. The Morgan fingerprint density at radius 1 is 0.444 bits per heavy atom. The number of rotatable bonds is 24. The molecule has 1 unspecified atom stereocenters. The summed E-state index contributed by atoms with van der Waals surface area (Å²) in [5, 5.41) is 10.8. The molecule has 0 aromatic carbocycles. The first kappa shape index (κ1) is 39.8. The van der Waals surface area contributed by atoms with Crippen LogP contribution in [0.1, 0.15) is 142 Å². The van der Waals surface area contributed by atoms with Gasteiger partial charge in [0.15, 0.2) is 3.23 Å². The third kappa shape index (κ3) is 14.8. The van der Waals surface area contributed by atoms with Crippen molar-refractivity contribution in [2.24, 2.45) is 5.92 Å². The maximum Gasteiger partial charge on any atom is 0.202 e. The molecule has 218 valence electrons. The van der Waals surface area contributed by atoms with Crippen LogP contribution in [0.3, 0.4) is 0 Å². The van der Waals surface area contributed by atoms with Crippen LogP contribution in [0.4, 0.5) is 0 Å². The number of alkyl halides is 8. The van der Waals surface area contributed by atoms with Crippen LogP contribution in [0.15, 0.2) is 0 Å². The first-order valence-corrected chi connectivity index (χ1v) is 20.3. The summed E-state index contributed by atoms with van der Waals surface area (Å²) in [4.78, 5) is 0. The smallest absolute Gasteiger partial charge is 0.202 e. The summed E-state index contributed by atoms with van der Waals surface area (Å²) in [7, 11) is 0. The van der Waals surface area contributed by atoms with Crippen LogP contribution in [0, 0.1) is 5.92 Å². The van der Waals surface area contributed by atoms with E-state index in [0.29, 0.717) is 5.92 Å². The van der Waals surface area contributed by atoms with Gasteiger partial charge in [0.25, 0.3) is 0 Å². The molecule has 0 amide bonds. The molecular formula is C27H48Br8O. The SMILES string of the molecule is CCCCCCCCCCCCC(CCCCCCCCCC)C(Br)(Br)C(Br)(Br)C(Br)(Br)C(O)(Br)Br. The zero-order chi connectivity index (χ0) is 27.7. The molecule has 1 N–H and O–H groups in total. The molecule has 0 rings (SSSR count). The fourth-order valence-electron chi connectivity index (χ4n) is 4.56. The molecule has 0 aliphatic rings. The lowest BCUT2D eigenvalue weighted by atomic mass is 9.89. The maximum absolute atomic E-state index is 10.8. The topological polar surface area (TPSA) is 20.2 Å². The summed E-state index contributed by atoms with van der Waals surface area (Å²) in [5.41, 5.74) is 0. The molecule has 0 bridgehead atoms. The van der Waals surface area contributed by atoms with Gasteiger partial charge in [-0.3, -0.25) is 0 Å². The van der Waals surface area contributed by atoms with Gasteiger partial charge in [0.05, 0.1) is 0 Å². The normalized spacial score (nSPS) is 14.4. The van der Waals surface area contributed by atoms with Gasteiger partial charge in [-0.05, 0) is 50.6 Å². The van der Waals surface area contributed by atoms with Crippen molar-refractivity contribution >= 4 is 127 Å². The van der Waals surface area contributed by atoms with E-state index in [2.05, 4.69) is 141 Å². The van der Waals surface area contributed by atoms with Crippen LogP contribution < -0.4 is 0 Å². The van der Waals surface area contributed by atoms with E-state index in [-0.39, 0.29) is 0 Å². The molecule has 0 saturated heterocycles. The van der Waals surface area contributed by atoms with Gasteiger partial charge in [0.1, 0.15) is 6.47 Å². The van der Waals surface area contributed by atoms with Gasteiger partial charge < -0.3 is 5.11 Å². The Labute approximate surface area is 290 Å². The minimum atomic E-state index is -1.40. The third-order valence-electron chi connectivity index (χ3n) is 7.02. The zero-order valence-corrected chi connectivity index (χ0v) is 34.9. The van der Waals surface area contributed by atoms with E-state index in [9.17, 15) is 5.11 Å². The summed E-state index contributed by atoms with van der Waals surface area (Å²) >= 11 is 30.0. The molecule has 0 aromatic rings.